The molecule has 122 valence electrons. The van der Waals surface area contributed by atoms with Gasteiger partial charge in [0, 0.05) is 0 Å². The van der Waals surface area contributed by atoms with Crippen molar-refractivity contribution >= 4 is 17.1 Å². The van der Waals surface area contributed by atoms with Crippen LogP contribution in [0.25, 0.3) is 11.2 Å². The monoisotopic (exact) mass is 323 g/mol. The molecule has 10 heteroatoms. The van der Waals surface area contributed by atoms with E-state index in [1.807, 2.05) is 0 Å². The Bertz CT molecular complexity index is 841. The van der Waals surface area contributed by atoms with E-state index in [1.54, 1.807) is 0 Å². The Kier molecular flexibility index (Phi) is 3.77. The fraction of sp³-hybridized carbons (Fsp3) is 0.462. The Labute approximate surface area is 129 Å². The van der Waals surface area contributed by atoms with Gasteiger partial charge in [-0.05, 0) is 0 Å². The molecule has 1 aliphatic rings. The third-order valence-corrected chi connectivity index (χ3v) is 3.70. The summed E-state index contributed by atoms with van der Waals surface area (Å²) in [6.07, 6.45) is 0.466. The molecule has 0 saturated carbocycles. The topological polar surface area (TPSA) is 128 Å². The molecular weight excluding hydrogens is 309 g/mol. The first-order valence-corrected chi connectivity index (χ1v) is 6.74. The number of aliphatic hydroxyl groups excluding tert-OH is 2. The quantitative estimate of drug-likeness (QED) is 0.580. The van der Waals surface area contributed by atoms with E-state index in [2.05, 4.69) is 15.9 Å². The molecule has 0 aliphatic carbocycles. The molecule has 0 bridgehead atoms. The summed E-state index contributed by atoms with van der Waals surface area (Å²) >= 11 is 0. The second kappa shape index (κ2) is 5.62. The number of hydrogen-bond donors (Lipinski definition) is 3. The van der Waals surface area contributed by atoms with Crippen LogP contribution in [0, 0.1) is 12.3 Å². The number of aliphatic hydroxyl groups is 2. The third kappa shape index (κ3) is 2.26. The Morgan fingerprint density at radius 1 is 1.57 bits per heavy atom. The first-order valence-electron chi connectivity index (χ1n) is 6.74. The van der Waals surface area contributed by atoms with Gasteiger partial charge >= 0.3 is 5.69 Å². The second-order valence-electron chi connectivity index (χ2n) is 5.06. The molecule has 1 saturated heterocycles. The number of anilines is 1. The Balaban J connectivity index is 2.22. The summed E-state index contributed by atoms with van der Waals surface area (Å²) in [4.78, 5) is 20.3. The lowest BCUT2D eigenvalue weighted by Gasteiger charge is -2.15. The first-order chi connectivity index (χ1) is 11.0. The van der Waals surface area contributed by atoms with Gasteiger partial charge in [-0.2, -0.15) is 4.98 Å². The summed E-state index contributed by atoms with van der Waals surface area (Å²) in [6.45, 7) is -0.704. The average Bonchev–Trinajstić information content (AvgIpc) is 2.95. The van der Waals surface area contributed by atoms with E-state index in [4.69, 9.17) is 22.0 Å². The van der Waals surface area contributed by atoms with E-state index >= 15 is 0 Å². The Hall–Kier alpha value is -2.48. The summed E-state index contributed by atoms with van der Waals surface area (Å²) in [5.41, 5.74) is 5.23. The van der Waals surface area contributed by atoms with Crippen LogP contribution < -0.4 is 11.4 Å². The van der Waals surface area contributed by atoms with E-state index in [0.717, 1.165) is 4.57 Å². The second-order valence-corrected chi connectivity index (χ2v) is 5.06. The molecule has 4 atom stereocenters. The minimum atomic E-state index is -1.85. The number of halogens is 1. The Morgan fingerprint density at radius 3 is 2.91 bits per heavy atom. The fourth-order valence-corrected chi connectivity index (χ4v) is 2.61. The lowest BCUT2D eigenvalue weighted by atomic mass is 10.1. The van der Waals surface area contributed by atoms with Gasteiger partial charge in [0.1, 0.15) is 17.7 Å². The predicted octanol–water partition coefficient (Wildman–Crippen LogP) is -1.60. The number of alkyl halides is 1. The zero-order valence-corrected chi connectivity index (χ0v) is 11.8. The zero-order chi connectivity index (χ0) is 16.7. The largest absolute Gasteiger partial charge is 0.394 e. The van der Waals surface area contributed by atoms with E-state index in [1.165, 1.54) is 10.8 Å². The maximum atomic E-state index is 13.9. The van der Waals surface area contributed by atoms with Gasteiger partial charge in [-0.15, -0.1) is 6.42 Å². The highest BCUT2D eigenvalue weighted by Crippen LogP contribution is 2.32. The highest BCUT2D eigenvalue weighted by atomic mass is 19.1. The van der Waals surface area contributed by atoms with Crippen molar-refractivity contribution in [2.45, 2.75) is 31.2 Å². The van der Waals surface area contributed by atoms with Crippen LogP contribution in [-0.4, -0.2) is 54.3 Å². The number of imidazole rings is 1. The summed E-state index contributed by atoms with van der Waals surface area (Å²) < 4.78 is 21.4. The van der Waals surface area contributed by atoms with Crippen molar-refractivity contribution < 1.29 is 19.3 Å². The number of nitrogen functional groups attached to an aromatic ring is 1. The number of aromatic nitrogens is 4. The lowest BCUT2D eigenvalue weighted by Crippen LogP contribution is -2.34. The molecule has 2 aromatic rings. The highest BCUT2D eigenvalue weighted by Gasteiger charge is 2.46. The van der Waals surface area contributed by atoms with Gasteiger partial charge in [-0.3, -0.25) is 4.57 Å². The molecule has 2 aromatic heterocycles. The molecule has 0 amide bonds. The van der Waals surface area contributed by atoms with Crippen LogP contribution in [0.4, 0.5) is 10.3 Å². The molecule has 0 spiro atoms. The van der Waals surface area contributed by atoms with Crippen LogP contribution in [0.1, 0.15) is 6.23 Å². The average molecular weight is 323 g/mol. The molecule has 4 unspecified atom stereocenters. The van der Waals surface area contributed by atoms with Crippen LogP contribution in [-0.2, 0) is 11.3 Å². The van der Waals surface area contributed by atoms with Gasteiger partial charge in [-0.1, -0.05) is 5.92 Å². The minimum absolute atomic E-state index is 0.0626. The van der Waals surface area contributed by atoms with E-state index in [9.17, 15) is 14.3 Å². The van der Waals surface area contributed by atoms with Crippen molar-refractivity contribution in [2.75, 3.05) is 12.3 Å². The van der Waals surface area contributed by atoms with Crippen molar-refractivity contribution in [1.29, 1.82) is 0 Å². The standard InChI is InChI=1S/C13H14FN5O4/c1-2-3-18-6-4-16-12(15)17-10(6)19(13(18)22)11-9(21)8(14)7(5-20)23-11/h1,4,7-9,11,20-21H,3,5H2,(H2,15,16,17). The van der Waals surface area contributed by atoms with E-state index < -0.39 is 36.9 Å². The highest BCUT2D eigenvalue weighted by molar-refractivity contribution is 5.72. The molecule has 0 aromatic carbocycles. The molecule has 0 radical (unpaired) electrons. The first kappa shape index (κ1) is 15.4. The maximum absolute atomic E-state index is 13.9. The summed E-state index contributed by atoms with van der Waals surface area (Å²) in [7, 11) is 0. The lowest BCUT2D eigenvalue weighted by molar-refractivity contribution is -0.0513. The molecule has 9 nitrogen and oxygen atoms in total. The molecular formula is C13H14FN5O4. The van der Waals surface area contributed by atoms with Crippen LogP contribution in [0.15, 0.2) is 11.0 Å². The number of nitrogens with zero attached hydrogens (tertiary/aromatic N) is 4. The number of terminal acetylenes is 1. The van der Waals surface area contributed by atoms with Crippen LogP contribution in [0.5, 0.6) is 0 Å². The van der Waals surface area contributed by atoms with E-state index in [-0.39, 0.29) is 23.7 Å². The van der Waals surface area contributed by atoms with Crippen LogP contribution in [0.3, 0.4) is 0 Å². The van der Waals surface area contributed by atoms with Gasteiger partial charge in [0.2, 0.25) is 5.95 Å². The maximum Gasteiger partial charge on any atom is 0.333 e. The van der Waals surface area contributed by atoms with E-state index in [0.29, 0.717) is 0 Å². The summed E-state index contributed by atoms with van der Waals surface area (Å²) in [5.74, 6) is 2.22. The van der Waals surface area contributed by atoms with Crippen molar-refractivity contribution in [3.63, 3.8) is 0 Å². The molecule has 3 rings (SSSR count). The fourth-order valence-electron chi connectivity index (χ4n) is 2.61. The molecule has 4 N–H and O–H groups in total. The molecule has 1 fully saturated rings. The predicted molar refractivity (Wildman–Crippen MR) is 76.9 cm³/mol. The van der Waals surface area contributed by atoms with Crippen molar-refractivity contribution in [2.24, 2.45) is 0 Å². The summed E-state index contributed by atoms with van der Waals surface area (Å²) in [6, 6.07) is 0. The minimum Gasteiger partial charge on any atom is -0.394 e. The number of hydrogen-bond acceptors (Lipinski definition) is 7. The summed E-state index contributed by atoms with van der Waals surface area (Å²) in [5, 5.41) is 19.1. The Morgan fingerprint density at radius 2 is 2.30 bits per heavy atom. The van der Waals surface area contributed by atoms with Crippen LogP contribution in [0.2, 0.25) is 0 Å². The smallest absolute Gasteiger partial charge is 0.333 e. The zero-order valence-electron chi connectivity index (χ0n) is 11.8. The normalized spacial score (nSPS) is 27.4. The van der Waals surface area contributed by atoms with Crippen LogP contribution >= 0.6 is 0 Å². The number of nitrogens with two attached hydrogens (primary N) is 1. The SMILES string of the molecule is C#CCn1c(=O)n(C2OC(CO)C(F)C2O)c2nc(N)ncc21. The van der Waals surface area contributed by atoms with Crippen molar-refractivity contribution in [3.8, 4) is 12.3 Å². The van der Waals surface area contributed by atoms with Gasteiger partial charge in [0.15, 0.2) is 18.0 Å². The van der Waals surface area contributed by atoms with Crippen molar-refractivity contribution in [3.05, 3.63) is 16.7 Å². The van der Waals surface area contributed by atoms with Gasteiger partial charge in [-0.25, -0.2) is 18.7 Å². The van der Waals surface area contributed by atoms with Gasteiger partial charge in [0.05, 0.1) is 19.3 Å². The number of rotatable bonds is 3. The molecule has 23 heavy (non-hydrogen) atoms. The number of ether oxygens (including phenoxy) is 1. The van der Waals surface area contributed by atoms with Crippen molar-refractivity contribution in [1.82, 2.24) is 19.1 Å². The third-order valence-electron chi connectivity index (χ3n) is 3.70. The van der Waals surface area contributed by atoms with Gasteiger partial charge < -0.3 is 20.7 Å². The number of fused-ring (bicyclic) bond motifs is 1. The molecule has 3 heterocycles. The van der Waals surface area contributed by atoms with Gasteiger partial charge in [0.25, 0.3) is 0 Å². The molecule has 1 aliphatic heterocycles.